The molecule has 21 heavy (non-hydrogen) atoms. The molecule has 6 nitrogen and oxygen atoms in total. The molecule has 1 aliphatic carbocycles. The van der Waals surface area contributed by atoms with Gasteiger partial charge in [-0.2, -0.15) is 0 Å². The number of nitrogens with two attached hydrogens (primary N) is 1. The van der Waals surface area contributed by atoms with Crippen molar-refractivity contribution in [2.75, 3.05) is 26.3 Å². The Balaban J connectivity index is 2.00. The van der Waals surface area contributed by atoms with Crippen LogP contribution in [0.1, 0.15) is 39.0 Å². The normalized spacial score (nSPS) is 30.0. The smallest absolute Gasteiger partial charge is 0.245 e. The first-order chi connectivity index (χ1) is 10.1. The second-order valence-electron chi connectivity index (χ2n) is 6.04. The maximum Gasteiger partial charge on any atom is 0.245 e. The SMILES string of the molecule is CCCNC(=O)C1COCCN1C(=O)C1CCCC(N)C1. The number of ether oxygens (including phenoxy) is 1. The second-order valence-corrected chi connectivity index (χ2v) is 6.04. The lowest BCUT2D eigenvalue weighted by Crippen LogP contribution is -2.57. The number of amides is 2. The fourth-order valence-corrected chi connectivity index (χ4v) is 3.14. The fraction of sp³-hybridized carbons (Fsp3) is 0.867. The Labute approximate surface area is 126 Å². The molecule has 1 heterocycles. The van der Waals surface area contributed by atoms with E-state index < -0.39 is 6.04 Å². The summed E-state index contributed by atoms with van der Waals surface area (Å²) in [5, 5.41) is 2.86. The minimum absolute atomic E-state index is 0.0340. The van der Waals surface area contributed by atoms with Gasteiger partial charge in [0.2, 0.25) is 11.8 Å². The lowest BCUT2D eigenvalue weighted by atomic mass is 9.85. The Hall–Kier alpha value is -1.14. The Bertz CT molecular complexity index is 375. The summed E-state index contributed by atoms with van der Waals surface area (Å²) >= 11 is 0. The van der Waals surface area contributed by atoms with E-state index in [9.17, 15) is 9.59 Å². The van der Waals surface area contributed by atoms with E-state index in [1.165, 1.54) is 0 Å². The van der Waals surface area contributed by atoms with Gasteiger partial charge in [0.25, 0.3) is 0 Å². The molecule has 2 aliphatic rings. The summed E-state index contributed by atoms with van der Waals surface area (Å²) in [6.45, 7) is 3.92. The van der Waals surface area contributed by atoms with Crippen LogP contribution in [0.25, 0.3) is 0 Å². The van der Waals surface area contributed by atoms with Crippen LogP contribution in [0.5, 0.6) is 0 Å². The van der Waals surface area contributed by atoms with Crippen molar-refractivity contribution < 1.29 is 14.3 Å². The fourth-order valence-electron chi connectivity index (χ4n) is 3.14. The lowest BCUT2D eigenvalue weighted by molar-refractivity contribution is -0.152. The van der Waals surface area contributed by atoms with Crippen LogP contribution in [0.2, 0.25) is 0 Å². The first kappa shape index (κ1) is 16.2. The molecule has 0 aromatic rings. The number of nitrogens with zero attached hydrogens (tertiary/aromatic N) is 1. The predicted octanol–water partition coefficient (Wildman–Crippen LogP) is 0.258. The molecule has 2 amide bonds. The molecule has 0 aromatic carbocycles. The van der Waals surface area contributed by atoms with Gasteiger partial charge in [-0.05, 0) is 25.7 Å². The predicted molar refractivity (Wildman–Crippen MR) is 79.6 cm³/mol. The topological polar surface area (TPSA) is 84.7 Å². The zero-order chi connectivity index (χ0) is 15.2. The zero-order valence-electron chi connectivity index (χ0n) is 12.8. The van der Waals surface area contributed by atoms with Crippen molar-refractivity contribution in [3.05, 3.63) is 0 Å². The van der Waals surface area contributed by atoms with Crippen LogP contribution in [0, 0.1) is 5.92 Å². The van der Waals surface area contributed by atoms with Crippen LogP contribution in [0.4, 0.5) is 0 Å². The summed E-state index contributed by atoms with van der Waals surface area (Å²) < 4.78 is 5.39. The molecule has 2 rings (SSSR count). The third kappa shape index (κ3) is 4.17. The van der Waals surface area contributed by atoms with E-state index >= 15 is 0 Å². The molecule has 1 saturated carbocycles. The molecule has 3 unspecified atom stereocenters. The Morgan fingerprint density at radius 1 is 1.38 bits per heavy atom. The molecule has 3 atom stereocenters. The third-order valence-electron chi connectivity index (χ3n) is 4.33. The van der Waals surface area contributed by atoms with Gasteiger partial charge < -0.3 is 20.7 Å². The van der Waals surface area contributed by atoms with E-state index in [4.69, 9.17) is 10.5 Å². The van der Waals surface area contributed by atoms with Gasteiger partial charge in [0.05, 0.1) is 13.2 Å². The minimum Gasteiger partial charge on any atom is -0.377 e. The van der Waals surface area contributed by atoms with Crippen molar-refractivity contribution in [1.29, 1.82) is 0 Å². The molecule has 6 heteroatoms. The van der Waals surface area contributed by atoms with E-state index in [0.29, 0.717) is 26.3 Å². The number of morpholine rings is 1. The van der Waals surface area contributed by atoms with Crippen LogP contribution in [0.3, 0.4) is 0 Å². The van der Waals surface area contributed by atoms with Crippen LogP contribution in [0.15, 0.2) is 0 Å². The number of hydrogen-bond donors (Lipinski definition) is 2. The maximum atomic E-state index is 12.7. The zero-order valence-corrected chi connectivity index (χ0v) is 12.8. The first-order valence-electron chi connectivity index (χ1n) is 8.05. The standard InChI is InChI=1S/C15H27N3O3/c1-2-6-17-14(19)13-10-21-8-7-18(13)15(20)11-4-3-5-12(16)9-11/h11-13H,2-10,16H2,1H3,(H,17,19). The lowest BCUT2D eigenvalue weighted by Gasteiger charge is -2.38. The average molecular weight is 297 g/mol. The van der Waals surface area contributed by atoms with E-state index in [2.05, 4.69) is 5.32 Å². The van der Waals surface area contributed by atoms with Crippen LogP contribution >= 0.6 is 0 Å². The third-order valence-corrected chi connectivity index (χ3v) is 4.33. The van der Waals surface area contributed by atoms with E-state index in [0.717, 1.165) is 32.1 Å². The molecule has 120 valence electrons. The summed E-state index contributed by atoms with van der Waals surface area (Å²) in [5.74, 6) is -0.0663. The molecule has 0 aromatic heterocycles. The van der Waals surface area contributed by atoms with Crippen LogP contribution in [-0.2, 0) is 14.3 Å². The summed E-state index contributed by atoms with van der Waals surface area (Å²) in [6, 6.07) is -0.378. The second kappa shape index (κ2) is 7.75. The molecule has 2 fully saturated rings. The van der Waals surface area contributed by atoms with Gasteiger partial charge in [-0.1, -0.05) is 13.3 Å². The van der Waals surface area contributed by atoms with Gasteiger partial charge in [0, 0.05) is 25.0 Å². The van der Waals surface area contributed by atoms with Crippen molar-refractivity contribution in [3.8, 4) is 0 Å². The maximum absolute atomic E-state index is 12.7. The summed E-state index contributed by atoms with van der Waals surface area (Å²) in [6.07, 6.45) is 4.49. The molecular formula is C15H27N3O3. The highest BCUT2D eigenvalue weighted by Gasteiger charge is 2.37. The van der Waals surface area contributed by atoms with E-state index in [-0.39, 0.29) is 23.8 Å². The molecule has 0 radical (unpaired) electrons. The number of rotatable bonds is 4. The van der Waals surface area contributed by atoms with Crippen molar-refractivity contribution >= 4 is 11.8 Å². The monoisotopic (exact) mass is 297 g/mol. The van der Waals surface area contributed by atoms with Gasteiger partial charge in [0.1, 0.15) is 6.04 Å². The highest BCUT2D eigenvalue weighted by molar-refractivity contribution is 5.89. The minimum atomic E-state index is -0.490. The largest absolute Gasteiger partial charge is 0.377 e. The Morgan fingerprint density at radius 2 is 2.19 bits per heavy atom. The quantitative estimate of drug-likeness (QED) is 0.779. The van der Waals surface area contributed by atoms with Gasteiger partial charge >= 0.3 is 0 Å². The molecule has 3 N–H and O–H groups in total. The summed E-state index contributed by atoms with van der Waals surface area (Å²) in [4.78, 5) is 26.6. The Morgan fingerprint density at radius 3 is 2.90 bits per heavy atom. The van der Waals surface area contributed by atoms with Crippen LogP contribution < -0.4 is 11.1 Å². The van der Waals surface area contributed by atoms with Gasteiger partial charge in [-0.25, -0.2) is 0 Å². The highest BCUT2D eigenvalue weighted by atomic mass is 16.5. The highest BCUT2D eigenvalue weighted by Crippen LogP contribution is 2.26. The molecule has 1 saturated heterocycles. The number of carbonyl (C=O) groups excluding carboxylic acids is 2. The summed E-state index contributed by atoms with van der Waals surface area (Å²) in [5.41, 5.74) is 5.98. The number of nitrogens with one attached hydrogen (secondary N) is 1. The average Bonchev–Trinajstić information content (AvgIpc) is 2.52. The van der Waals surface area contributed by atoms with Gasteiger partial charge in [0.15, 0.2) is 0 Å². The van der Waals surface area contributed by atoms with Crippen molar-refractivity contribution in [2.24, 2.45) is 11.7 Å². The van der Waals surface area contributed by atoms with Crippen molar-refractivity contribution in [3.63, 3.8) is 0 Å². The first-order valence-corrected chi connectivity index (χ1v) is 8.05. The van der Waals surface area contributed by atoms with Crippen LogP contribution in [-0.4, -0.2) is 55.1 Å². The van der Waals surface area contributed by atoms with E-state index in [1.54, 1.807) is 4.90 Å². The molecule has 0 bridgehead atoms. The summed E-state index contributed by atoms with van der Waals surface area (Å²) in [7, 11) is 0. The number of carbonyl (C=O) groups is 2. The Kier molecular flexibility index (Phi) is 5.99. The molecular weight excluding hydrogens is 270 g/mol. The molecule has 1 aliphatic heterocycles. The van der Waals surface area contributed by atoms with Crippen molar-refractivity contribution in [1.82, 2.24) is 10.2 Å². The van der Waals surface area contributed by atoms with Gasteiger partial charge in [-0.15, -0.1) is 0 Å². The van der Waals surface area contributed by atoms with Gasteiger partial charge in [-0.3, -0.25) is 9.59 Å². The van der Waals surface area contributed by atoms with E-state index in [1.807, 2.05) is 6.92 Å². The van der Waals surface area contributed by atoms with Crippen molar-refractivity contribution in [2.45, 2.75) is 51.1 Å². The number of hydrogen-bond acceptors (Lipinski definition) is 4. The molecule has 0 spiro atoms.